The Balaban J connectivity index is 2.40. The van der Waals surface area contributed by atoms with Gasteiger partial charge in [-0.15, -0.1) is 0 Å². The predicted molar refractivity (Wildman–Crippen MR) is 70.3 cm³/mol. The summed E-state index contributed by atoms with van der Waals surface area (Å²) in [4.78, 5) is 12.1. The summed E-state index contributed by atoms with van der Waals surface area (Å²) in [5.74, 6) is -0.0562. The number of nitrogens with one attached hydrogen (secondary N) is 2. The molecular weight excluding hydrogens is 232 g/mol. The Morgan fingerprint density at radius 1 is 1.44 bits per heavy atom. The molecule has 1 fully saturated rings. The van der Waals surface area contributed by atoms with Crippen LogP contribution in [-0.2, 0) is 9.53 Å². The minimum atomic E-state index is -0.102. The number of amides is 1. The summed E-state index contributed by atoms with van der Waals surface area (Å²) >= 11 is 0. The topological polar surface area (TPSA) is 70.6 Å². The van der Waals surface area contributed by atoms with Crippen molar-refractivity contribution in [1.82, 2.24) is 10.6 Å². The Labute approximate surface area is 109 Å². The van der Waals surface area contributed by atoms with Gasteiger partial charge in [0.2, 0.25) is 5.91 Å². The maximum absolute atomic E-state index is 12.1. The minimum Gasteiger partial charge on any atom is -0.396 e. The molecule has 106 valence electrons. The molecule has 1 saturated heterocycles. The third kappa shape index (κ3) is 4.55. The number of hydrogen-bond acceptors (Lipinski definition) is 4. The summed E-state index contributed by atoms with van der Waals surface area (Å²) in [6, 6.07) is 0.121. The van der Waals surface area contributed by atoms with E-state index in [4.69, 9.17) is 9.84 Å². The molecule has 1 aliphatic rings. The molecule has 0 bridgehead atoms. The molecular formula is C13H26N2O3. The molecule has 0 radical (unpaired) electrons. The molecule has 1 heterocycles. The molecule has 1 aliphatic heterocycles. The second-order valence-electron chi connectivity index (χ2n) is 5.66. The first kappa shape index (κ1) is 15.4. The Morgan fingerprint density at radius 3 is 2.78 bits per heavy atom. The molecule has 1 rings (SSSR count). The first-order chi connectivity index (χ1) is 8.50. The molecule has 0 aromatic heterocycles. The van der Waals surface area contributed by atoms with Crippen LogP contribution in [0.3, 0.4) is 0 Å². The largest absolute Gasteiger partial charge is 0.396 e. The number of aliphatic hydroxyl groups is 1. The maximum Gasteiger partial charge on any atom is 0.227 e. The maximum atomic E-state index is 12.1. The lowest BCUT2D eigenvalue weighted by Gasteiger charge is -2.25. The normalized spacial score (nSPS) is 24.2. The molecule has 0 spiro atoms. The Morgan fingerprint density at radius 2 is 2.17 bits per heavy atom. The van der Waals surface area contributed by atoms with Crippen LogP contribution in [0.5, 0.6) is 0 Å². The summed E-state index contributed by atoms with van der Waals surface area (Å²) in [5, 5.41) is 15.2. The van der Waals surface area contributed by atoms with E-state index in [9.17, 15) is 4.79 Å². The SMILES string of the molecule is CCNC1COCC1C(=O)NCC(C)(C)CCO. The molecule has 3 N–H and O–H groups in total. The van der Waals surface area contributed by atoms with Crippen molar-refractivity contribution in [3.05, 3.63) is 0 Å². The second kappa shape index (κ2) is 7.07. The van der Waals surface area contributed by atoms with Gasteiger partial charge in [-0.05, 0) is 18.4 Å². The van der Waals surface area contributed by atoms with Crippen LogP contribution in [0, 0.1) is 11.3 Å². The fraction of sp³-hybridized carbons (Fsp3) is 0.923. The lowest BCUT2D eigenvalue weighted by molar-refractivity contribution is -0.125. The number of hydrogen-bond donors (Lipinski definition) is 3. The summed E-state index contributed by atoms with van der Waals surface area (Å²) in [7, 11) is 0. The molecule has 0 aliphatic carbocycles. The van der Waals surface area contributed by atoms with E-state index >= 15 is 0 Å². The van der Waals surface area contributed by atoms with Gasteiger partial charge in [0.05, 0.1) is 19.1 Å². The van der Waals surface area contributed by atoms with E-state index in [1.165, 1.54) is 0 Å². The van der Waals surface area contributed by atoms with Crippen LogP contribution in [0.1, 0.15) is 27.2 Å². The van der Waals surface area contributed by atoms with Gasteiger partial charge in [0.25, 0.3) is 0 Å². The molecule has 18 heavy (non-hydrogen) atoms. The smallest absolute Gasteiger partial charge is 0.227 e. The Hall–Kier alpha value is -0.650. The zero-order valence-corrected chi connectivity index (χ0v) is 11.7. The van der Waals surface area contributed by atoms with Crippen LogP contribution in [0.4, 0.5) is 0 Å². The van der Waals surface area contributed by atoms with Crippen molar-refractivity contribution in [1.29, 1.82) is 0 Å². The molecule has 2 atom stereocenters. The van der Waals surface area contributed by atoms with Crippen LogP contribution in [0.15, 0.2) is 0 Å². The van der Waals surface area contributed by atoms with E-state index in [2.05, 4.69) is 10.6 Å². The van der Waals surface area contributed by atoms with Crippen molar-refractivity contribution in [3.63, 3.8) is 0 Å². The van der Waals surface area contributed by atoms with E-state index in [0.29, 0.717) is 26.2 Å². The van der Waals surface area contributed by atoms with Gasteiger partial charge >= 0.3 is 0 Å². The van der Waals surface area contributed by atoms with E-state index in [-0.39, 0.29) is 29.9 Å². The summed E-state index contributed by atoms with van der Waals surface area (Å²) < 4.78 is 5.36. The lowest BCUT2D eigenvalue weighted by atomic mass is 9.89. The first-order valence-corrected chi connectivity index (χ1v) is 6.70. The van der Waals surface area contributed by atoms with Gasteiger partial charge in [-0.2, -0.15) is 0 Å². The molecule has 5 heteroatoms. The summed E-state index contributed by atoms with van der Waals surface area (Å²) in [5.41, 5.74) is -0.0719. The number of carbonyl (C=O) groups is 1. The van der Waals surface area contributed by atoms with E-state index < -0.39 is 0 Å². The minimum absolute atomic E-state index is 0.0458. The van der Waals surface area contributed by atoms with Gasteiger partial charge in [-0.25, -0.2) is 0 Å². The highest BCUT2D eigenvalue weighted by atomic mass is 16.5. The Kier molecular flexibility index (Phi) is 6.05. The molecule has 0 aromatic carbocycles. The van der Waals surface area contributed by atoms with Crippen LogP contribution in [-0.4, -0.2) is 50.0 Å². The van der Waals surface area contributed by atoms with Crippen molar-refractivity contribution in [3.8, 4) is 0 Å². The fourth-order valence-corrected chi connectivity index (χ4v) is 2.12. The molecule has 5 nitrogen and oxygen atoms in total. The second-order valence-corrected chi connectivity index (χ2v) is 5.66. The standard InChI is InChI=1S/C13H26N2O3/c1-4-14-11-8-18-7-10(11)12(17)15-9-13(2,3)5-6-16/h10-11,14,16H,4-9H2,1-3H3,(H,15,17). The number of ether oxygens (including phenoxy) is 1. The van der Waals surface area contributed by atoms with Gasteiger partial charge in [0.15, 0.2) is 0 Å². The van der Waals surface area contributed by atoms with E-state index in [1.807, 2.05) is 20.8 Å². The van der Waals surface area contributed by atoms with Crippen molar-refractivity contribution in [2.24, 2.45) is 11.3 Å². The molecule has 1 amide bonds. The summed E-state index contributed by atoms with van der Waals surface area (Å²) in [6.07, 6.45) is 0.686. The van der Waals surface area contributed by atoms with E-state index in [1.54, 1.807) is 0 Å². The average molecular weight is 258 g/mol. The molecule has 0 aromatic rings. The van der Waals surface area contributed by atoms with Gasteiger partial charge < -0.3 is 20.5 Å². The first-order valence-electron chi connectivity index (χ1n) is 6.70. The highest BCUT2D eigenvalue weighted by Crippen LogP contribution is 2.19. The van der Waals surface area contributed by atoms with Gasteiger partial charge in [-0.3, -0.25) is 4.79 Å². The number of aliphatic hydroxyl groups excluding tert-OH is 1. The average Bonchev–Trinajstić information content (AvgIpc) is 2.75. The predicted octanol–water partition coefficient (Wildman–Crippen LogP) is 0.136. The van der Waals surface area contributed by atoms with Crippen molar-refractivity contribution in [2.75, 3.05) is 32.9 Å². The number of likely N-dealkylation sites (N-methyl/N-ethyl adjacent to an activating group) is 1. The number of rotatable bonds is 7. The third-order valence-corrected chi connectivity index (χ3v) is 3.41. The Bertz CT molecular complexity index is 269. The zero-order valence-electron chi connectivity index (χ0n) is 11.7. The van der Waals surface area contributed by atoms with Gasteiger partial charge in [0, 0.05) is 19.2 Å². The van der Waals surface area contributed by atoms with Crippen LogP contribution < -0.4 is 10.6 Å². The monoisotopic (exact) mass is 258 g/mol. The third-order valence-electron chi connectivity index (χ3n) is 3.41. The van der Waals surface area contributed by atoms with Crippen molar-refractivity contribution in [2.45, 2.75) is 33.2 Å². The van der Waals surface area contributed by atoms with Crippen molar-refractivity contribution < 1.29 is 14.6 Å². The summed E-state index contributed by atoms with van der Waals surface area (Å²) in [6.45, 7) is 8.77. The lowest BCUT2D eigenvalue weighted by Crippen LogP contribution is -2.46. The quantitative estimate of drug-likeness (QED) is 0.607. The number of carbonyl (C=O) groups excluding carboxylic acids is 1. The van der Waals surface area contributed by atoms with Crippen molar-refractivity contribution >= 4 is 5.91 Å². The fourth-order valence-electron chi connectivity index (χ4n) is 2.12. The zero-order chi connectivity index (χ0) is 13.6. The van der Waals surface area contributed by atoms with Gasteiger partial charge in [-0.1, -0.05) is 20.8 Å². The highest BCUT2D eigenvalue weighted by Gasteiger charge is 2.33. The highest BCUT2D eigenvalue weighted by molar-refractivity contribution is 5.79. The van der Waals surface area contributed by atoms with Crippen LogP contribution >= 0.6 is 0 Å². The van der Waals surface area contributed by atoms with Crippen LogP contribution in [0.25, 0.3) is 0 Å². The van der Waals surface area contributed by atoms with Gasteiger partial charge in [0.1, 0.15) is 0 Å². The molecule has 0 saturated carbocycles. The molecule has 2 unspecified atom stereocenters. The van der Waals surface area contributed by atoms with E-state index in [0.717, 1.165) is 6.54 Å². The van der Waals surface area contributed by atoms with Crippen LogP contribution in [0.2, 0.25) is 0 Å².